The Morgan fingerprint density at radius 1 is 0.232 bits per heavy atom. The number of phosphoric acid groups is 1. The molecule has 0 heterocycles. The lowest BCUT2D eigenvalue weighted by molar-refractivity contribution is -0.926. The van der Waals surface area contributed by atoms with Gasteiger partial charge in [0.2, 0.25) is 0 Å². The lowest BCUT2D eigenvalue weighted by Gasteiger charge is -2.44. The SMILES string of the molecule is CCCCCCCCCCCCCCCCCCC(CN)C(C[N+](CC)(CC)CC)OP(=O)(OC(C[N+](CC)(CC)CC)C(CN)CCCCCCCCCCCCCCCCCC)OC(C[N+](CC)(CC)CC)C(CN)CCCCCCCCCCCCCCCCCC. The molecule has 11 heteroatoms. The first kappa shape index (κ1) is 94.9. The second-order valence-corrected chi connectivity index (χ2v) is 32.6. The minimum Gasteiger partial charge on any atom is -0.330 e. The van der Waals surface area contributed by atoms with Gasteiger partial charge in [0, 0.05) is 17.8 Å². The van der Waals surface area contributed by atoms with E-state index in [9.17, 15) is 0 Å². The molecule has 6 atom stereocenters. The van der Waals surface area contributed by atoms with E-state index in [1.165, 1.54) is 289 Å². The van der Waals surface area contributed by atoms with E-state index in [0.29, 0.717) is 19.6 Å². The van der Waals surface area contributed by atoms with Crippen LogP contribution in [-0.2, 0) is 18.1 Å². The fourth-order valence-electron chi connectivity index (χ4n) is 15.9. The van der Waals surface area contributed by atoms with E-state index in [-0.39, 0.29) is 17.8 Å². The minimum absolute atomic E-state index is 0.0145. The predicted octanol–water partition coefficient (Wildman–Crippen LogP) is 24.6. The number of phosphoric ester groups is 1. The maximum absolute atomic E-state index is 17.2. The van der Waals surface area contributed by atoms with Gasteiger partial charge >= 0.3 is 7.82 Å². The van der Waals surface area contributed by atoms with E-state index in [4.69, 9.17) is 30.8 Å². The molecule has 0 amide bonds. The highest BCUT2D eigenvalue weighted by Crippen LogP contribution is 2.56. The molecule has 0 radical (unpaired) electrons. The van der Waals surface area contributed by atoms with Gasteiger partial charge in [-0.1, -0.05) is 329 Å². The fourth-order valence-corrected chi connectivity index (χ4v) is 17.8. The highest BCUT2D eigenvalue weighted by molar-refractivity contribution is 7.48. The Morgan fingerprint density at radius 3 is 0.495 bits per heavy atom. The summed E-state index contributed by atoms with van der Waals surface area (Å²) >= 11 is 0. The van der Waals surface area contributed by atoms with Crippen molar-refractivity contribution in [2.75, 3.05) is 98.2 Å². The number of quaternary nitrogens is 3. The van der Waals surface area contributed by atoms with Gasteiger partial charge in [0.15, 0.2) is 0 Å². The molecule has 0 saturated heterocycles. The second kappa shape index (κ2) is 65.9. The molecule has 0 aromatic heterocycles. The van der Waals surface area contributed by atoms with Crippen LogP contribution in [0.3, 0.4) is 0 Å². The summed E-state index contributed by atoms with van der Waals surface area (Å²) < 4.78 is 42.6. The van der Waals surface area contributed by atoms with Crippen molar-refractivity contribution in [2.24, 2.45) is 35.0 Å². The normalized spacial score (nSPS) is 15.1. The summed E-state index contributed by atoms with van der Waals surface area (Å²) in [5.41, 5.74) is 21.1. The molecule has 0 aliphatic heterocycles. The third-order valence-electron chi connectivity index (χ3n) is 24.3. The number of hydrogen-bond donors (Lipinski definition) is 3. The average Bonchev–Trinajstić information content (AvgIpc) is 0.860. The summed E-state index contributed by atoms with van der Waals surface area (Å²) in [7, 11) is -4.37. The van der Waals surface area contributed by atoms with Crippen molar-refractivity contribution in [3.8, 4) is 0 Å². The smallest absolute Gasteiger partial charge is 0.330 e. The van der Waals surface area contributed by atoms with Crippen molar-refractivity contribution in [2.45, 2.75) is 429 Å². The van der Waals surface area contributed by atoms with Crippen LogP contribution in [0.2, 0.25) is 0 Å². The molecule has 95 heavy (non-hydrogen) atoms. The molecule has 0 saturated carbocycles. The van der Waals surface area contributed by atoms with Crippen molar-refractivity contribution in [3.63, 3.8) is 0 Å². The van der Waals surface area contributed by atoms with Crippen LogP contribution >= 0.6 is 7.82 Å². The molecule has 572 valence electrons. The predicted molar refractivity (Wildman–Crippen MR) is 423 cm³/mol. The maximum atomic E-state index is 17.2. The molecule has 6 unspecified atom stereocenters. The van der Waals surface area contributed by atoms with Crippen LogP contribution < -0.4 is 17.2 Å². The molecule has 0 aromatic rings. The van der Waals surface area contributed by atoms with Gasteiger partial charge in [-0.25, -0.2) is 4.57 Å². The topological polar surface area (TPSA) is 123 Å². The first-order valence-electron chi connectivity index (χ1n) is 43.6. The average molecular weight is 1370 g/mol. The van der Waals surface area contributed by atoms with E-state index in [0.717, 1.165) is 131 Å². The molecule has 10 nitrogen and oxygen atoms in total. The van der Waals surface area contributed by atoms with Crippen molar-refractivity contribution < 1.29 is 31.6 Å². The van der Waals surface area contributed by atoms with Gasteiger partial charge in [0.25, 0.3) is 0 Å². The quantitative estimate of drug-likeness (QED) is 0.0315. The van der Waals surface area contributed by atoms with E-state index in [1.807, 2.05) is 0 Å². The van der Waals surface area contributed by atoms with Gasteiger partial charge in [0.1, 0.15) is 37.9 Å². The first-order valence-corrected chi connectivity index (χ1v) is 45.1. The lowest BCUT2D eigenvalue weighted by atomic mass is 9.93. The molecule has 0 bridgehead atoms. The number of hydrogen-bond acceptors (Lipinski definition) is 7. The van der Waals surface area contributed by atoms with Crippen LogP contribution in [0.4, 0.5) is 0 Å². The monoisotopic (exact) mass is 1370 g/mol. The van der Waals surface area contributed by atoms with E-state index in [2.05, 4.69) is 83.1 Å². The van der Waals surface area contributed by atoms with Gasteiger partial charge in [0.05, 0.1) is 58.9 Å². The summed E-state index contributed by atoms with van der Waals surface area (Å²) in [6, 6.07) is 0. The van der Waals surface area contributed by atoms with Crippen LogP contribution in [0.5, 0.6) is 0 Å². The van der Waals surface area contributed by atoms with Gasteiger partial charge in [-0.3, -0.25) is 13.6 Å². The Bertz CT molecular complexity index is 1410. The van der Waals surface area contributed by atoms with Crippen LogP contribution in [0, 0.1) is 17.8 Å². The minimum atomic E-state index is -4.37. The zero-order chi connectivity index (χ0) is 70.3. The third-order valence-corrected chi connectivity index (χ3v) is 25.9. The van der Waals surface area contributed by atoms with Crippen molar-refractivity contribution in [1.82, 2.24) is 0 Å². The lowest BCUT2D eigenvalue weighted by Crippen LogP contribution is -2.56. The Balaban J connectivity index is 7.03. The van der Waals surface area contributed by atoms with Crippen molar-refractivity contribution >= 4 is 7.82 Å². The largest absolute Gasteiger partial charge is 0.476 e. The molecule has 0 spiro atoms. The zero-order valence-electron chi connectivity index (χ0n) is 67.3. The van der Waals surface area contributed by atoms with Crippen LogP contribution in [0.25, 0.3) is 0 Å². The summed E-state index contributed by atoms with van der Waals surface area (Å²) in [5.74, 6) is 0.0434. The van der Waals surface area contributed by atoms with Crippen LogP contribution in [0.15, 0.2) is 0 Å². The molecule has 0 aliphatic rings. The van der Waals surface area contributed by atoms with Crippen LogP contribution in [-0.4, -0.2) is 130 Å². The summed E-state index contributed by atoms with van der Waals surface area (Å²) in [5, 5.41) is 0. The molecule has 0 aliphatic carbocycles. The number of likely N-dealkylation sites (N-methyl/N-ethyl adjacent to an activating group) is 3. The number of rotatable bonds is 78. The molecule has 0 aromatic carbocycles. The molecular formula is C84H180N6O4P+3. The highest BCUT2D eigenvalue weighted by Gasteiger charge is 2.47. The fraction of sp³-hybridized carbons (Fsp3) is 1.00. The summed E-state index contributed by atoms with van der Waals surface area (Å²) in [6.07, 6.45) is 66.3. The Labute approximate surface area is 598 Å². The van der Waals surface area contributed by atoms with Gasteiger partial charge < -0.3 is 30.7 Å². The standard InChI is InChI=1S/C84H180N6O4P/c1-13-25-28-31-34-37-40-43-46-49-52-55-58-61-64-67-70-79(73-85)82(76-88(16-4,17-5)18-6)92-95(91,93-83(77-89(19-7,20-8)21-9)80(74-86)71-68-65-62-59-56-53-50-47-44-41-38-35-32-29-26-14-2)94-84(78-90(22-10,23-11)24-12)81(75-87)72-69-66-63-60-57-54-51-48-45-42-39-36-33-30-27-15-3/h79-84H,13-78,85-87H2,1-12H3/q+3. The third kappa shape index (κ3) is 47.7. The number of nitrogens with zero attached hydrogens (tertiary/aromatic N) is 3. The molecule has 0 fully saturated rings. The van der Waals surface area contributed by atoms with Crippen molar-refractivity contribution in [1.29, 1.82) is 0 Å². The molecule has 6 N–H and O–H groups in total. The van der Waals surface area contributed by atoms with Gasteiger partial charge in [-0.05, 0) is 101 Å². The molecular weight excluding hydrogens is 1190 g/mol. The van der Waals surface area contributed by atoms with Crippen LogP contribution in [0.1, 0.15) is 411 Å². The Morgan fingerprint density at radius 2 is 0.368 bits per heavy atom. The summed E-state index contributed by atoms with van der Waals surface area (Å²) in [6.45, 7) is 40.1. The van der Waals surface area contributed by atoms with Gasteiger partial charge in [-0.2, -0.15) is 0 Å². The number of nitrogens with two attached hydrogens (primary N) is 3. The second-order valence-electron chi connectivity index (χ2n) is 31.1. The number of unbranched alkanes of at least 4 members (excludes halogenated alkanes) is 45. The maximum Gasteiger partial charge on any atom is 0.476 e. The zero-order valence-corrected chi connectivity index (χ0v) is 68.2. The van der Waals surface area contributed by atoms with Crippen molar-refractivity contribution in [3.05, 3.63) is 0 Å². The first-order chi connectivity index (χ1) is 46.3. The highest BCUT2D eigenvalue weighted by atomic mass is 31.2. The summed E-state index contributed by atoms with van der Waals surface area (Å²) in [4.78, 5) is 0. The molecule has 0 rings (SSSR count). The Kier molecular flexibility index (Phi) is 65.8. The van der Waals surface area contributed by atoms with E-state index >= 15 is 4.57 Å². The van der Waals surface area contributed by atoms with Gasteiger partial charge in [-0.15, -0.1) is 0 Å². The Hall–Kier alpha value is -0.130. The van der Waals surface area contributed by atoms with E-state index in [1.54, 1.807) is 0 Å². The van der Waals surface area contributed by atoms with E-state index < -0.39 is 26.1 Å².